The van der Waals surface area contributed by atoms with Gasteiger partial charge in [0.1, 0.15) is 0 Å². The Balaban J connectivity index is 2.14. The second-order valence-corrected chi connectivity index (χ2v) is 5.15. The van der Waals surface area contributed by atoms with Crippen molar-refractivity contribution < 1.29 is 14.6 Å². The number of anilines is 1. The molecule has 1 aliphatic rings. The molecule has 1 fully saturated rings. The van der Waals surface area contributed by atoms with Gasteiger partial charge in [0.2, 0.25) is 0 Å². The van der Waals surface area contributed by atoms with E-state index in [4.69, 9.17) is 9.47 Å². The van der Waals surface area contributed by atoms with E-state index in [1.165, 1.54) is 11.3 Å². The van der Waals surface area contributed by atoms with Crippen LogP contribution in [0.4, 0.5) is 5.13 Å². The van der Waals surface area contributed by atoms with Crippen LogP contribution in [-0.4, -0.2) is 43.0 Å². The lowest BCUT2D eigenvalue weighted by Crippen LogP contribution is -2.41. The molecule has 1 aromatic heterocycles. The smallest absolute Gasteiger partial charge is 0.186 e. The van der Waals surface area contributed by atoms with E-state index in [0.29, 0.717) is 6.61 Å². The Morgan fingerprint density at radius 2 is 2.47 bits per heavy atom. The van der Waals surface area contributed by atoms with Gasteiger partial charge in [-0.1, -0.05) is 11.3 Å². The summed E-state index contributed by atoms with van der Waals surface area (Å²) in [5.41, 5.74) is 0.842. The molecule has 1 N–H and O–H groups in total. The zero-order valence-corrected chi connectivity index (χ0v) is 11.0. The van der Waals surface area contributed by atoms with Gasteiger partial charge >= 0.3 is 0 Å². The maximum absolute atomic E-state index is 9.28. The zero-order valence-electron chi connectivity index (χ0n) is 10.2. The molecular formula is C11H18N2O3S. The number of aromatic nitrogens is 1. The first-order valence-corrected chi connectivity index (χ1v) is 6.51. The van der Waals surface area contributed by atoms with Crippen molar-refractivity contribution in [2.45, 2.75) is 26.2 Å². The topological polar surface area (TPSA) is 54.8 Å². The molecule has 1 atom stereocenters. The minimum Gasteiger partial charge on any atom is -0.391 e. The van der Waals surface area contributed by atoms with Crippen LogP contribution in [0.5, 0.6) is 0 Å². The third-order valence-corrected chi connectivity index (χ3v) is 3.85. The average Bonchev–Trinajstić information content (AvgIpc) is 2.73. The van der Waals surface area contributed by atoms with Gasteiger partial charge in [0.15, 0.2) is 5.13 Å². The summed E-state index contributed by atoms with van der Waals surface area (Å²) in [4.78, 5) is 7.63. The van der Waals surface area contributed by atoms with Crippen molar-refractivity contribution in [3.63, 3.8) is 0 Å². The van der Waals surface area contributed by atoms with Crippen molar-refractivity contribution >= 4 is 16.5 Å². The summed E-state index contributed by atoms with van der Waals surface area (Å²) in [6.45, 7) is 4.97. The normalized spacial score (nSPS) is 20.9. The number of aliphatic hydroxyl groups excluding tert-OH is 1. The number of hydrogen-bond donors (Lipinski definition) is 1. The van der Waals surface area contributed by atoms with Crippen molar-refractivity contribution in [3.8, 4) is 0 Å². The molecule has 1 unspecified atom stereocenters. The molecule has 0 aliphatic carbocycles. The minimum absolute atomic E-state index is 0.0241. The van der Waals surface area contributed by atoms with Gasteiger partial charge in [-0.2, -0.15) is 0 Å². The molecule has 2 heterocycles. The van der Waals surface area contributed by atoms with Crippen LogP contribution in [0.15, 0.2) is 0 Å². The Bertz CT molecular complexity index is 370. The molecule has 1 saturated heterocycles. The number of aliphatic hydroxyl groups is 1. The SMILES string of the molecule is COCc1nc(N2CCOC(C)C2)sc1CO. The molecule has 0 bridgehead atoms. The van der Waals surface area contributed by atoms with Crippen molar-refractivity contribution in [2.24, 2.45) is 0 Å². The molecule has 2 rings (SSSR count). The molecule has 1 aromatic rings. The van der Waals surface area contributed by atoms with E-state index in [0.717, 1.165) is 35.4 Å². The van der Waals surface area contributed by atoms with Crippen LogP contribution in [0.1, 0.15) is 17.5 Å². The summed E-state index contributed by atoms with van der Waals surface area (Å²) in [6.07, 6.45) is 0.233. The summed E-state index contributed by atoms with van der Waals surface area (Å²) in [5, 5.41) is 10.2. The number of rotatable bonds is 4. The summed E-state index contributed by atoms with van der Waals surface area (Å²) >= 11 is 1.54. The predicted octanol–water partition coefficient (Wildman–Crippen LogP) is 1.01. The quantitative estimate of drug-likeness (QED) is 0.873. The lowest BCUT2D eigenvalue weighted by Gasteiger charge is -2.30. The zero-order chi connectivity index (χ0) is 12.3. The van der Waals surface area contributed by atoms with Crippen molar-refractivity contribution in [2.75, 3.05) is 31.7 Å². The lowest BCUT2D eigenvalue weighted by molar-refractivity contribution is 0.0532. The molecule has 0 radical (unpaired) electrons. The van der Waals surface area contributed by atoms with Gasteiger partial charge in [-0.15, -0.1) is 0 Å². The average molecular weight is 258 g/mol. The molecule has 6 heteroatoms. The first-order chi connectivity index (χ1) is 8.24. The van der Waals surface area contributed by atoms with E-state index < -0.39 is 0 Å². The standard InChI is InChI=1S/C11H18N2O3S/c1-8-5-13(3-4-16-8)11-12-9(7-15-2)10(6-14)17-11/h8,14H,3-7H2,1-2H3. The Morgan fingerprint density at radius 1 is 1.65 bits per heavy atom. The summed E-state index contributed by atoms with van der Waals surface area (Å²) in [7, 11) is 1.64. The van der Waals surface area contributed by atoms with Crippen molar-refractivity contribution in [3.05, 3.63) is 10.6 Å². The Morgan fingerprint density at radius 3 is 3.12 bits per heavy atom. The van der Waals surface area contributed by atoms with Crippen LogP contribution in [-0.2, 0) is 22.7 Å². The predicted molar refractivity (Wildman–Crippen MR) is 66.4 cm³/mol. The Kier molecular flexibility index (Phi) is 4.33. The summed E-state index contributed by atoms with van der Waals surface area (Å²) in [6, 6.07) is 0. The van der Waals surface area contributed by atoms with Crippen LogP contribution in [0, 0.1) is 0 Å². The van der Waals surface area contributed by atoms with Gasteiger partial charge in [-0.25, -0.2) is 4.98 Å². The van der Waals surface area contributed by atoms with E-state index in [1.807, 2.05) is 0 Å². The second kappa shape index (κ2) is 5.77. The fraction of sp³-hybridized carbons (Fsp3) is 0.727. The molecule has 0 spiro atoms. The molecule has 5 nitrogen and oxygen atoms in total. The van der Waals surface area contributed by atoms with Crippen LogP contribution in [0.2, 0.25) is 0 Å². The van der Waals surface area contributed by atoms with Gasteiger partial charge < -0.3 is 19.5 Å². The molecule has 1 aliphatic heterocycles. The molecule has 0 saturated carbocycles. The van der Waals surface area contributed by atoms with Gasteiger partial charge in [0, 0.05) is 20.2 Å². The van der Waals surface area contributed by atoms with E-state index in [2.05, 4.69) is 16.8 Å². The largest absolute Gasteiger partial charge is 0.391 e. The second-order valence-electron chi connectivity index (χ2n) is 4.08. The van der Waals surface area contributed by atoms with Gasteiger partial charge in [0.25, 0.3) is 0 Å². The highest BCUT2D eigenvalue weighted by Gasteiger charge is 2.21. The van der Waals surface area contributed by atoms with Crippen molar-refractivity contribution in [1.82, 2.24) is 4.98 Å². The highest BCUT2D eigenvalue weighted by atomic mass is 32.1. The van der Waals surface area contributed by atoms with Gasteiger partial charge in [-0.05, 0) is 6.92 Å². The highest BCUT2D eigenvalue weighted by molar-refractivity contribution is 7.15. The minimum atomic E-state index is 0.0241. The number of thiazole rings is 1. The maximum Gasteiger partial charge on any atom is 0.186 e. The number of ether oxygens (including phenoxy) is 2. The van der Waals surface area contributed by atoms with E-state index in [9.17, 15) is 5.11 Å². The monoisotopic (exact) mass is 258 g/mol. The third-order valence-electron chi connectivity index (χ3n) is 2.70. The molecule has 96 valence electrons. The fourth-order valence-corrected chi connectivity index (χ4v) is 2.83. The first-order valence-electron chi connectivity index (χ1n) is 5.69. The van der Waals surface area contributed by atoms with Crippen LogP contribution >= 0.6 is 11.3 Å². The number of hydrogen-bond acceptors (Lipinski definition) is 6. The first kappa shape index (κ1) is 12.8. The van der Waals surface area contributed by atoms with Gasteiger partial charge in [0.05, 0.1) is 36.5 Å². The number of nitrogens with zero attached hydrogens (tertiary/aromatic N) is 2. The number of methoxy groups -OCH3 is 1. The van der Waals surface area contributed by atoms with E-state index in [1.54, 1.807) is 7.11 Å². The number of morpholine rings is 1. The van der Waals surface area contributed by atoms with E-state index in [-0.39, 0.29) is 12.7 Å². The Hall–Kier alpha value is -0.690. The molecule has 0 aromatic carbocycles. The van der Waals surface area contributed by atoms with Gasteiger partial charge in [-0.3, -0.25) is 0 Å². The lowest BCUT2D eigenvalue weighted by atomic mass is 10.3. The fourth-order valence-electron chi connectivity index (χ4n) is 1.87. The third kappa shape index (κ3) is 2.95. The van der Waals surface area contributed by atoms with Crippen molar-refractivity contribution in [1.29, 1.82) is 0 Å². The Labute approximate surface area is 105 Å². The van der Waals surface area contributed by atoms with E-state index >= 15 is 0 Å². The highest BCUT2D eigenvalue weighted by Crippen LogP contribution is 2.28. The molecule has 17 heavy (non-hydrogen) atoms. The van der Waals surface area contributed by atoms with Crippen LogP contribution in [0.3, 0.4) is 0 Å². The maximum atomic E-state index is 9.28. The van der Waals surface area contributed by atoms with Crippen LogP contribution < -0.4 is 4.90 Å². The molecular weight excluding hydrogens is 240 g/mol. The summed E-state index contributed by atoms with van der Waals surface area (Å²) < 4.78 is 10.6. The molecule has 0 amide bonds. The summed E-state index contributed by atoms with van der Waals surface area (Å²) in [5.74, 6) is 0. The van der Waals surface area contributed by atoms with Crippen LogP contribution in [0.25, 0.3) is 0 Å².